The third kappa shape index (κ3) is 4.63. The van der Waals surface area contributed by atoms with E-state index in [4.69, 9.17) is 5.73 Å². The Balaban J connectivity index is 1.85. The summed E-state index contributed by atoms with van der Waals surface area (Å²) in [5.74, 6) is 1.83. The largest absolute Gasteiger partial charge is 0.399 e. The summed E-state index contributed by atoms with van der Waals surface area (Å²) in [4.78, 5) is 1.06. The Morgan fingerprint density at radius 1 is 1.24 bits per heavy atom. The summed E-state index contributed by atoms with van der Waals surface area (Å²) in [5, 5.41) is 0. The molecular formula is C15H24N2O2S2. The molecule has 1 saturated heterocycles. The number of benzene rings is 1. The zero-order valence-electron chi connectivity index (χ0n) is 12.7. The monoisotopic (exact) mass is 328 g/mol. The van der Waals surface area contributed by atoms with E-state index in [9.17, 15) is 8.42 Å². The molecular weight excluding hydrogens is 304 g/mol. The maximum atomic E-state index is 12.4. The fraction of sp³-hybridized carbons (Fsp3) is 0.600. The molecule has 2 atom stereocenters. The molecule has 6 heteroatoms. The maximum absolute atomic E-state index is 12.4. The van der Waals surface area contributed by atoms with E-state index in [-0.39, 0.29) is 5.75 Å². The molecule has 21 heavy (non-hydrogen) atoms. The Morgan fingerprint density at radius 2 is 1.90 bits per heavy atom. The van der Waals surface area contributed by atoms with Gasteiger partial charge in [-0.25, -0.2) is 12.7 Å². The number of thioether (sulfide) groups is 1. The molecule has 4 nitrogen and oxygen atoms in total. The molecule has 1 aromatic carbocycles. The standard InChI is InChI=1S/C15H24N2O2S2/c1-12-7-8-17(11-13(12)2)21(18,19)10-9-20-15-5-3-14(16)4-6-15/h3-6,12-13H,7-11,16H2,1-2H3. The van der Waals surface area contributed by atoms with Crippen LogP contribution in [0.15, 0.2) is 29.2 Å². The molecule has 2 rings (SSSR count). The highest BCUT2D eigenvalue weighted by Crippen LogP contribution is 2.25. The molecule has 1 aromatic rings. The van der Waals surface area contributed by atoms with Crippen LogP contribution in [0.1, 0.15) is 20.3 Å². The van der Waals surface area contributed by atoms with E-state index in [2.05, 4.69) is 13.8 Å². The number of sulfonamides is 1. The summed E-state index contributed by atoms with van der Waals surface area (Å²) in [7, 11) is -3.13. The molecule has 1 aliphatic heterocycles. The van der Waals surface area contributed by atoms with Crippen LogP contribution >= 0.6 is 11.8 Å². The highest BCUT2D eigenvalue weighted by Gasteiger charge is 2.30. The Bertz CT molecular complexity index is 558. The van der Waals surface area contributed by atoms with Crippen molar-refractivity contribution in [2.24, 2.45) is 11.8 Å². The number of piperidine rings is 1. The second-order valence-electron chi connectivity index (χ2n) is 5.83. The van der Waals surface area contributed by atoms with Gasteiger partial charge in [0.15, 0.2) is 0 Å². The van der Waals surface area contributed by atoms with Crippen LogP contribution in [0.5, 0.6) is 0 Å². The van der Waals surface area contributed by atoms with Gasteiger partial charge in [0, 0.05) is 29.4 Å². The maximum Gasteiger partial charge on any atom is 0.214 e. The number of hydrogen-bond acceptors (Lipinski definition) is 4. The van der Waals surface area contributed by atoms with Crippen LogP contribution < -0.4 is 5.73 Å². The third-order valence-electron chi connectivity index (χ3n) is 4.18. The van der Waals surface area contributed by atoms with E-state index in [0.29, 0.717) is 30.7 Å². The van der Waals surface area contributed by atoms with Crippen molar-refractivity contribution in [2.45, 2.75) is 25.2 Å². The molecule has 0 aliphatic carbocycles. The predicted molar refractivity (Wildman–Crippen MR) is 89.9 cm³/mol. The van der Waals surface area contributed by atoms with Crippen LogP contribution in [0.3, 0.4) is 0 Å². The van der Waals surface area contributed by atoms with Gasteiger partial charge in [-0.2, -0.15) is 0 Å². The Hall–Kier alpha value is -0.720. The summed E-state index contributed by atoms with van der Waals surface area (Å²) in [5.41, 5.74) is 6.36. The van der Waals surface area contributed by atoms with Crippen molar-refractivity contribution in [3.05, 3.63) is 24.3 Å². The summed E-state index contributed by atoms with van der Waals surface area (Å²) < 4.78 is 26.4. The van der Waals surface area contributed by atoms with Crippen molar-refractivity contribution in [2.75, 3.05) is 30.3 Å². The second kappa shape index (κ2) is 7.03. The fourth-order valence-corrected chi connectivity index (χ4v) is 5.28. The summed E-state index contributed by atoms with van der Waals surface area (Å²) in [6.45, 7) is 5.66. The van der Waals surface area contributed by atoms with Gasteiger partial charge in [0.2, 0.25) is 10.0 Å². The molecule has 0 saturated carbocycles. The highest BCUT2D eigenvalue weighted by molar-refractivity contribution is 8.00. The van der Waals surface area contributed by atoms with E-state index in [0.717, 1.165) is 17.0 Å². The number of nitrogens with zero attached hydrogens (tertiary/aromatic N) is 1. The molecule has 1 aliphatic rings. The topological polar surface area (TPSA) is 63.4 Å². The smallest absolute Gasteiger partial charge is 0.214 e. The van der Waals surface area contributed by atoms with Gasteiger partial charge >= 0.3 is 0 Å². The summed E-state index contributed by atoms with van der Waals surface area (Å²) in [6.07, 6.45) is 0.964. The lowest BCUT2D eigenvalue weighted by molar-refractivity contribution is 0.213. The predicted octanol–water partition coefficient (Wildman–Crippen LogP) is 2.67. The number of anilines is 1. The molecule has 0 amide bonds. The van der Waals surface area contributed by atoms with Crippen molar-refractivity contribution in [3.8, 4) is 0 Å². The molecule has 0 spiro atoms. The number of nitrogens with two attached hydrogens (primary N) is 1. The Labute approximate surface area is 132 Å². The van der Waals surface area contributed by atoms with Crippen LogP contribution in [-0.2, 0) is 10.0 Å². The Kier molecular flexibility index (Phi) is 5.57. The molecule has 0 bridgehead atoms. The number of rotatable bonds is 5. The first kappa shape index (κ1) is 16.6. The molecule has 1 fully saturated rings. The van der Waals surface area contributed by atoms with Gasteiger partial charge in [0.05, 0.1) is 5.75 Å². The lowest BCUT2D eigenvalue weighted by Gasteiger charge is -2.34. The first-order valence-corrected chi connectivity index (χ1v) is 9.94. The first-order valence-electron chi connectivity index (χ1n) is 7.34. The van der Waals surface area contributed by atoms with Gasteiger partial charge in [0.25, 0.3) is 0 Å². The molecule has 0 radical (unpaired) electrons. The third-order valence-corrected chi connectivity index (χ3v) is 7.29. The normalized spacial score (nSPS) is 24.1. The highest BCUT2D eigenvalue weighted by atomic mass is 32.2. The number of hydrogen-bond donors (Lipinski definition) is 1. The van der Waals surface area contributed by atoms with Gasteiger partial charge in [-0.3, -0.25) is 0 Å². The average molecular weight is 329 g/mol. The lowest BCUT2D eigenvalue weighted by Crippen LogP contribution is -2.43. The minimum atomic E-state index is -3.13. The van der Waals surface area contributed by atoms with Crippen molar-refractivity contribution < 1.29 is 8.42 Å². The Morgan fingerprint density at radius 3 is 2.52 bits per heavy atom. The zero-order valence-corrected chi connectivity index (χ0v) is 14.3. The minimum Gasteiger partial charge on any atom is -0.399 e. The van der Waals surface area contributed by atoms with E-state index >= 15 is 0 Å². The minimum absolute atomic E-state index is 0.198. The number of nitrogen functional groups attached to an aromatic ring is 1. The lowest BCUT2D eigenvalue weighted by atomic mass is 9.90. The van der Waals surface area contributed by atoms with Crippen molar-refractivity contribution in [1.82, 2.24) is 4.31 Å². The zero-order chi connectivity index (χ0) is 15.5. The van der Waals surface area contributed by atoms with Gasteiger partial charge in [0.1, 0.15) is 0 Å². The SMILES string of the molecule is CC1CCN(S(=O)(=O)CCSc2ccc(N)cc2)CC1C. The van der Waals surface area contributed by atoms with Crippen molar-refractivity contribution in [3.63, 3.8) is 0 Å². The molecule has 118 valence electrons. The van der Waals surface area contributed by atoms with Crippen LogP contribution in [0.2, 0.25) is 0 Å². The van der Waals surface area contributed by atoms with Crippen molar-refractivity contribution >= 4 is 27.5 Å². The molecule has 1 heterocycles. The van der Waals surface area contributed by atoms with Gasteiger partial charge in [-0.15, -0.1) is 11.8 Å². The molecule has 2 unspecified atom stereocenters. The van der Waals surface area contributed by atoms with E-state index < -0.39 is 10.0 Å². The van der Waals surface area contributed by atoms with Crippen molar-refractivity contribution in [1.29, 1.82) is 0 Å². The first-order chi connectivity index (χ1) is 9.88. The average Bonchev–Trinajstić information content (AvgIpc) is 2.44. The summed E-state index contributed by atoms with van der Waals surface area (Å²) >= 11 is 1.56. The quantitative estimate of drug-likeness (QED) is 0.667. The van der Waals surface area contributed by atoms with Crippen LogP contribution in [0, 0.1) is 11.8 Å². The van der Waals surface area contributed by atoms with Gasteiger partial charge < -0.3 is 5.73 Å². The second-order valence-corrected chi connectivity index (χ2v) is 9.09. The van der Waals surface area contributed by atoms with Crippen LogP contribution in [-0.4, -0.2) is 37.3 Å². The molecule has 2 N–H and O–H groups in total. The van der Waals surface area contributed by atoms with Crippen LogP contribution in [0.25, 0.3) is 0 Å². The van der Waals surface area contributed by atoms with Crippen LogP contribution in [0.4, 0.5) is 5.69 Å². The van der Waals surface area contributed by atoms with E-state index in [1.807, 2.05) is 24.3 Å². The fourth-order valence-electron chi connectivity index (χ4n) is 2.44. The van der Waals surface area contributed by atoms with E-state index in [1.54, 1.807) is 16.1 Å². The summed E-state index contributed by atoms with van der Waals surface area (Å²) in [6, 6.07) is 7.53. The van der Waals surface area contributed by atoms with Gasteiger partial charge in [-0.1, -0.05) is 13.8 Å². The molecule has 0 aromatic heterocycles. The van der Waals surface area contributed by atoms with Gasteiger partial charge in [-0.05, 0) is 42.5 Å². The van der Waals surface area contributed by atoms with E-state index in [1.165, 1.54) is 0 Å².